The molecule has 0 radical (unpaired) electrons. The van der Waals surface area contributed by atoms with Crippen LogP contribution in [0.4, 0.5) is 4.79 Å². The van der Waals surface area contributed by atoms with Gasteiger partial charge in [0, 0.05) is 19.6 Å². The Morgan fingerprint density at radius 1 is 1.24 bits per heavy atom. The molecule has 1 N–H and O–H groups in total. The quantitative estimate of drug-likeness (QED) is 0.890. The molecule has 0 bridgehead atoms. The molecule has 0 atom stereocenters. The van der Waals surface area contributed by atoms with Crippen molar-refractivity contribution < 1.29 is 17.9 Å². The van der Waals surface area contributed by atoms with Crippen LogP contribution >= 0.6 is 0 Å². The van der Waals surface area contributed by atoms with Crippen molar-refractivity contribution in [2.24, 2.45) is 0 Å². The van der Waals surface area contributed by atoms with E-state index in [1.807, 2.05) is 30.3 Å². The largest absolute Gasteiger partial charge is 0.445 e. The molecule has 0 aliphatic carbocycles. The van der Waals surface area contributed by atoms with Crippen LogP contribution in [0.25, 0.3) is 0 Å². The summed E-state index contributed by atoms with van der Waals surface area (Å²) >= 11 is 0. The first-order chi connectivity index (χ1) is 10.1. The van der Waals surface area contributed by atoms with Gasteiger partial charge in [-0.2, -0.15) is 0 Å². The molecule has 0 spiro atoms. The molecule has 1 aliphatic heterocycles. The number of carbonyl (C=O) groups excluding carboxylic acids is 1. The maximum absolute atomic E-state index is 11.8. The summed E-state index contributed by atoms with van der Waals surface area (Å²) in [6.07, 6.45) is 1.05. The van der Waals surface area contributed by atoms with E-state index in [0.29, 0.717) is 19.5 Å². The van der Waals surface area contributed by atoms with Gasteiger partial charge in [-0.15, -0.1) is 0 Å². The van der Waals surface area contributed by atoms with Crippen LogP contribution < -0.4 is 5.32 Å². The topological polar surface area (TPSA) is 75.7 Å². The molecule has 1 fully saturated rings. The molecule has 0 aromatic heterocycles. The summed E-state index contributed by atoms with van der Waals surface area (Å²) in [7, 11) is -3.14. The molecule has 1 heterocycles. The lowest BCUT2D eigenvalue weighted by Gasteiger charge is -2.26. The van der Waals surface area contributed by atoms with Gasteiger partial charge in [0.25, 0.3) is 0 Å². The predicted octanol–water partition coefficient (Wildman–Crippen LogP) is 1.34. The van der Waals surface area contributed by atoms with Crippen LogP contribution in [0.1, 0.15) is 18.4 Å². The first-order valence-electron chi connectivity index (χ1n) is 7.00. The Bertz CT molecular complexity index is 560. The molecule has 1 aromatic rings. The predicted molar refractivity (Wildman–Crippen MR) is 79.2 cm³/mol. The minimum Gasteiger partial charge on any atom is -0.445 e. The Morgan fingerprint density at radius 2 is 2.00 bits per heavy atom. The molecule has 6 nitrogen and oxygen atoms in total. The van der Waals surface area contributed by atoms with Crippen molar-refractivity contribution in [3.05, 3.63) is 35.9 Å². The van der Waals surface area contributed by atoms with Gasteiger partial charge in [-0.1, -0.05) is 30.3 Å². The van der Waals surface area contributed by atoms with Gasteiger partial charge in [-0.05, 0) is 18.4 Å². The third-order valence-corrected chi connectivity index (χ3v) is 5.25. The number of rotatable bonds is 5. The monoisotopic (exact) mass is 312 g/mol. The van der Waals surface area contributed by atoms with Crippen LogP contribution in [-0.4, -0.2) is 44.2 Å². The number of ether oxygens (including phenoxy) is 1. The number of hydrogen-bond donors (Lipinski definition) is 1. The van der Waals surface area contributed by atoms with E-state index in [9.17, 15) is 13.2 Å². The highest BCUT2D eigenvalue weighted by atomic mass is 32.2. The second kappa shape index (κ2) is 7.42. The first kappa shape index (κ1) is 15.8. The molecule has 0 unspecified atom stereocenters. The zero-order chi connectivity index (χ0) is 15.1. The number of benzene rings is 1. The number of sulfonamides is 1. The Kier molecular flexibility index (Phi) is 5.58. The minimum absolute atomic E-state index is 0.200. The van der Waals surface area contributed by atoms with Crippen LogP contribution in [0.5, 0.6) is 0 Å². The smallest absolute Gasteiger partial charge is 0.407 e. The summed E-state index contributed by atoms with van der Waals surface area (Å²) in [4.78, 5) is 11.5. The molecule has 0 saturated carbocycles. The first-order valence-corrected chi connectivity index (χ1v) is 8.61. The third kappa shape index (κ3) is 5.02. The lowest BCUT2D eigenvalue weighted by atomic mass is 10.2. The number of amides is 1. The van der Waals surface area contributed by atoms with E-state index in [2.05, 4.69) is 5.32 Å². The lowest BCUT2D eigenvalue weighted by molar-refractivity contribution is 0.139. The highest BCUT2D eigenvalue weighted by Crippen LogP contribution is 2.12. The van der Waals surface area contributed by atoms with Gasteiger partial charge in [0.15, 0.2) is 0 Å². The van der Waals surface area contributed by atoms with Crippen LogP contribution in [-0.2, 0) is 21.4 Å². The van der Waals surface area contributed by atoms with E-state index in [1.165, 1.54) is 4.31 Å². The van der Waals surface area contributed by atoms with Gasteiger partial charge < -0.3 is 10.1 Å². The summed E-state index contributed by atoms with van der Waals surface area (Å²) in [6.45, 7) is 1.29. The Morgan fingerprint density at radius 3 is 2.71 bits per heavy atom. The van der Waals surface area contributed by atoms with E-state index in [4.69, 9.17) is 4.74 Å². The number of carbonyl (C=O) groups is 1. The van der Waals surface area contributed by atoms with Crippen molar-refractivity contribution in [1.29, 1.82) is 0 Å². The molecule has 7 heteroatoms. The maximum Gasteiger partial charge on any atom is 0.407 e. The van der Waals surface area contributed by atoms with Crippen LogP contribution in [0.15, 0.2) is 30.3 Å². The maximum atomic E-state index is 11.8. The fourth-order valence-corrected chi connectivity index (χ4v) is 3.75. The summed E-state index contributed by atoms with van der Waals surface area (Å²) in [5, 5.41) is 2.57. The summed E-state index contributed by atoms with van der Waals surface area (Å²) in [5.74, 6) is 0.200. The van der Waals surface area contributed by atoms with Crippen molar-refractivity contribution in [1.82, 2.24) is 9.62 Å². The summed E-state index contributed by atoms with van der Waals surface area (Å²) in [6, 6.07) is 9.37. The van der Waals surface area contributed by atoms with Crippen LogP contribution in [0.2, 0.25) is 0 Å². The second-order valence-corrected chi connectivity index (χ2v) is 7.00. The van der Waals surface area contributed by atoms with E-state index in [-0.39, 0.29) is 18.9 Å². The SMILES string of the molecule is O=C(NCCN1CCCCS1(=O)=O)OCc1ccccc1. The average Bonchev–Trinajstić information content (AvgIpc) is 2.48. The number of nitrogens with one attached hydrogen (secondary N) is 1. The molecule has 2 rings (SSSR count). The van der Waals surface area contributed by atoms with Gasteiger partial charge in [0.1, 0.15) is 6.61 Å². The van der Waals surface area contributed by atoms with Crippen molar-refractivity contribution in [2.45, 2.75) is 19.4 Å². The third-order valence-electron chi connectivity index (χ3n) is 3.30. The van der Waals surface area contributed by atoms with Crippen molar-refractivity contribution >= 4 is 16.1 Å². The number of nitrogens with zero attached hydrogens (tertiary/aromatic N) is 1. The van der Waals surface area contributed by atoms with Crippen LogP contribution in [0.3, 0.4) is 0 Å². The molecule has 1 amide bonds. The second-order valence-electron chi connectivity index (χ2n) is 4.91. The van der Waals surface area contributed by atoms with Crippen molar-refractivity contribution in [3.63, 3.8) is 0 Å². The lowest BCUT2D eigenvalue weighted by Crippen LogP contribution is -2.42. The summed E-state index contributed by atoms with van der Waals surface area (Å²) in [5.41, 5.74) is 0.909. The van der Waals surface area contributed by atoms with Crippen molar-refractivity contribution in [3.8, 4) is 0 Å². The fourth-order valence-electron chi connectivity index (χ4n) is 2.15. The molecule has 116 valence electrons. The zero-order valence-electron chi connectivity index (χ0n) is 11.8. The minimum atomic E-state index is -3.14. The Labute approximate surface area is 125 Å². The molecule has 1 saturated heterocycles. The van der Waals surface area contributed by atoms with Gasteiger partial charge in [0.2, 0.25) is 10.0 Å². The normalized spacial score (nSPS) is 18.1. The standard InChI is InChI=1S/C14H20N2O4S/c17-14(20-12-13-6-2-1-3-7-13)15-8-10-16-9-4-5-11-21(16,18)19/h1-3,6-7H,4-5,8-12H2,(H,15,17). The summed E-state index contributed by atoms with van der Waals surface area (Å²) < 4.78 is 30.0. The highest BCUT2D eigenvalue weighted by Gasteiger charge is 2.25. The van der Waals surface area contributed by atoms with E-state index in [0.717, 1.165) is 12.0 Å². The van der Waals surface area contributed by atoms with E-state index >= 15 is 0 Å². The Hall–Kier alpha value is -1.60. The van der Waals surface area contributed by atoms with Crippen molar-refractivity contribution in [2.75, 3.05) is 25.4 Å². The molecule has 1 aromatic carbocycles. The van der Waals surface area contributed by atoms with Gasteiger partial charge in [-0.3, -0.25) is 0 Å². The van der Waals surface area contributed by atoms with E-state index in [1.54, 1.807) is 0 Å². The van der Waals surface area contributed by atoms with Gasteiger partial charge >= 0.3 is 6.09 Å². The highest BCUT2D eigenvalue weighted by molar-refractivity contribution is 7.89. The molecular formula is C14H20N2O4S. The molecule has 21 heavy (non-hydrogen) atoms. The zero-order valence-corrected chi connectivity index (χ0v) is 12.6. The molecule has 1 aliphatic rings. The molecular weight excluding hydrogens is 292 g/mol. The fraction of sp³-hybridized carbons (Fsp3) is 0.500. The Balaban J connectivity index is 1.67. The van der Waals surface area contributed by atoms with Gasteiger partial charge in [0.05, 0.1) is 5.75 Å². The number of hydrogen-bond acceptors (Lipinski definition) is 4. The van der Waals surface area contributed by atoms with Gasteiger partial charge in [-0.25, -0.2) is 17.5 Å². The van der Waals surface area contributed by atoms with Crippen LogP contribution in [0, 0.1) is 0 Å². The number of alkyl carbamates (subject to hydrolysis) is 1. The average molecular weight is 312 g/mol. The van der Waals surface area contributed by atoms with E-state index < -0.39 is 16.1 Å².